The van der Waals surface area contributed by atoms with Crippen LogP contribution in [0.2, 0.25) is 0 Å². The minimum atomic E-state index is -0.920. The van der Waals surface area contributed by atoms with Gasteiger partial charge in [0, 0.05) is 44.8 Å². The summed E-state index contributed by atoms with van der Waals surface area (Å²) in [6.07, 6.45) is 1.04. The molecule has 1 fully saturated rings. The minimum Gasteiger partial charge on any atom is -0.478 e. The molecule has 37 heavy (non-hydrogen) atoms. The lowest BCUT2D eigenvalue weighted by molar-refractivity contribution is -0.133. The summed E-state index contributed by atoms with van der Waals surface area (Å²) in [6.45, 7) is 9.34. The van der Waals surface area contributed by atoms with Gasteiger partial charge in [-0.3, -0.25) is 9.69 Å². The quantitative estimate of drug-likeness (QED) is 0.408. The van der Waals surface area contributed by atoms with Gasteiger partial charge < -0.3 is 10.0 Å². The van der Waals surface area contributed by atoms with Crippen molar-refractivity contribution in [3.8, 4) is 5.82 Å². The van der Waals surface area contributed by atoms with Gasteiger partial charge in [0.1, 0.15) is 0 Å². The third-order valence-corrected chi connectivity index (χ3v) is 6.96. The molecule has 0 atom stereocenters. The molecule has 11 nitrogen and oxygen atoms in total. The number of carboxylic acid groups (broad SMARTS) is 1. The molecule has 0 bridgehead atoms. The largest absolute Gasteiger partial charge is 0.478 e. The van der Waals surface area contributed by atoms with Crippen LogP contribution in [-0.2, 0) is 17.8 Å². The Morgan fingerprint density at radius 1 is 0.973 bits per heavy atom. The molecule has 1 aliphatic rings. The molecule has 0 spiro atoms. The van der Waals surface area contributed by atoms with E-state index in [2.05, 4.69) is 20.2 Å². The number of aromatic carboxylic acids is 1. The molecule has 1 aromatic carbocycles. The monoisotopic (exact) mass is 502 g/mol. The number of hydrogen-bond acceptors (Lipinski definition) is 7. The molecule has 0 aliphatic carbocycles. The topological polar surface area (TPSA) is 122 Å². The number of rotatable bonds is 7. The van der Waals surface area contributed by atoms with Crippen molar-refractivity contribution in [1.82, 2.24) is 39.4 Å². The van der Waals surface area contributed by atoms with Gasteiger partial charge in [-0.1, -0.05) is 12.1 Å². The summed E-state index contributed by atoms with van der Waals surface area (Å²) in [5, 5.41) is 26.7. The predicted octanol–water partition coefficient (Wildman–Crippen LogP) is 2.21. The van der Waals surface area contributed by atoms with Gasteiger partial charge in [0.15, 0.2) is 17.3 Å². The Kier molecular flexibility index (Phi) is 6.70. The number of aryl methyl sites for hydroxylation is 2. The average molecular weight is 503 g/mol. The van der Waals surface area contributed by atoms with E-state index >= 15 is 0 Å². The smallest absolute Gasteiger partial charge is 0.335 e. The van der Waals surface area contributed by atoms with E-state index in [1.54, 1.807) is 22.7 Å². The van der Waals surface area contributed by atoms with Crippen LogP contribution in [0.3, 0.4) is 0 Å². The number of aromatic nitrogens is 6. The van der Waals surface area contributed by atoms with E-state index in [-0.39, 0.29) is 5.91 Å². The van der Waals surface area contributed by atoms with Crippen molar-refractivity contribution in [3.05, 3.63) is 70.3 Å². The van der Waals surface area contributed by atoms with Crippen LogP contribution in [-0.4, -0.2) is 82.6 Å². The zero-order valence-electron chi connectivity index (χ0n) is 21.3. The summed E-state index contributed by atoms with van der Waals surface area (Å²) in [5.41, 5.74) is 4.87. The number of fused-ring (bicyclic) bond motifs is 1. The van der Waals surface area contributed by atoms with Crippen LogP contribution in [0.25, 0.3) is 11.5 Å². The van der Waals surface area contributed by atoms with Crippen molar-refractivity contribution in [2.45, 2.75) is 40.2 Å². The number of nitrogens with zero attached hydrogens (tertiary/aromatic N) is 8. The van der Waals surface area contributed by atoms with Crippen molar-refractivity contribution in [1.29, 1.82) is 0 Å². The average Bonchev–Trinajstić information content (AvgIpc) is 3.41. The first kappa shape index (κ1) is 24.6. The summed E-state index contributed by atoms with van der Waals surface area (Å²) >= 11 is 0. The summed E-state index contributed by atoms with van der Waals surface area (Å²) in [6, 6.07) is 10.8. The summed E-state index contributed by atoms with van der Waals surface area (Å²) < 4.78 is 3.50. The molecule has 1 amide bonds. The zero-order chi connectivity index (χ0) is 26.1. The molecule has 0 saturated carbocycles. The van der Waals surface area contributed by atoms with Crippen LogP contribution in [0.4, 0.5) is 0 Å². The highest BCUT2D eigenvalue weighted by atomic mass is 16.4. The molecule has 4 heterocycles. The van der Waals surface area contributed by atoms with Crippen molar-refractivity contribution in [3.63, 3.8) is 0 Å². The molecule has 0 radical (unpaired) electrons. The van der Waals surface area contributed by atoms with E-state index in [0.29, 0.717) is 55.3 Å². The van der Waals surface area contributed by atoms with Crippen LogP contribution in [0.1, 0.15) is 45.1 Å². The van der Waals surface area contributed by atoms with E-state index < -0.39 is 5.97 Å². The van der Waals surface area contributed by atoms with Crippen LogP contribution < -0.4 is 0 Å². The van der Waals surface area contributed by atoms with E-state index in [4.69, 9.17) is 5.10 Å². The Labute approximate surface area is 214 Å². The number of carbonyl (C=O) groups is 2. The first-order valence-electron chi connectivity index (χ1n) is 12.4. The summed E-state index contributed by atoms with van der Waals surface area (Å²) in [5.74, 6) is 0.603. The molecule has 1 aliphatic heterocycles. The maximum absolute atomic E-state index is 13.0. The van der Waals surface area contributed by atoms with E-state index in [9.17, 15) is 14.7 Å². The highest BCUT2D eigenvalue weighted by molar-refractivity contribution is 5.87. The normalized spacial score (nSPS) is 14.4. The number of benzene rings is 1. The number of piperazine rings is 1. The van der Waals surface area contributed by atoms with Crippen molar-refractivity contribution in [2.24, 2.45) is 0 Å². The molecule has 192 valence electrons. The van der Waals surface area contributed by atoms with E-state index in [1.807, 2.05) is 48.6 Å². The van der Waals surface area contributed by atoms with Crippen molar-refractivity contribution in [2.75, 3.05) is 26.2 Å². The van der Waals surface area contributed by atoms with Crippen LogP contribution in [0.5, 0.6) is 0 Å². The van der Waals surface area contributed by atoms with E-state index in [0.717, 1.165) is 35.6 Å². The van der Waals surface area contributed by atoms with Gasteiger partial charge in [-0.25, -0.2) is 9.48 Å². The Morgan fingerprint density at radius 3 is 2.51 bits per heavy atom. The molecule has 4 aromatic rings. The SMILES string of the molecule is Cc1nn(-c2ccc3nnc(C)n3n2)c(C)c1CCC(=O)N1CCN(Cc2cccc(C(=O)O)c2)CC1. The molecule has 5 rings (SSSR count). The van der Waals surface area contributed by atoms with Gasteiger partial charge in [-0.2, -0.15) is 9.61 Å². The van der Waals surface area contributed by atoms with Crippen molar-refractivity contribution < 1.29 is 14.7 Å². The predicted molar refractivity (Wildman–Crippen MR) is 136 cm³/mol. The van der Waals surface area contributed by atoms with Crippen LogP contribution >= 0.6 is 0 Å². The molecule has 3 aromatic heterocycles. The van der Waals surface area contributed by atoms with E-state index in [1.165, 1.54) is 0 Å². The highest BCUT2D eigenvalue weighted by Crippen LogP contribution is 2.20. The summed E-state index contributed by atoms with van der Waals surface area (Å²) in [7, 11) is 0. The Morgan fingerprint density at radius 2 is 1.76 bits per heavy atom. The highest BCUT2D eigenvalue weighted by Gasteiger charge is 2.23. The molecule has 11 heteroatoms. The second kappa shape index (κ2) is 10.1. The van der Waals surface area contributed by atoms with Crippen molar-refractivity contribution >= 4 is 17.5 Å². The summed E-state index contributed by atoms with van der Waals surface area (Å²) in [4.78, 5) is 28.4. The standard InChI is InChI=1S/C26H30N8O3/c1-17-22(18(2)33(29-17)24-9-8-23-28-27-19(3)34(23)30-24)7-10-25(35)32-13-11-31(12-14-32)16-20-5-4-6-21(15-20)26(36)37/h4-6,8-9,15H,7,10-14,16H2,1-3H3,(H,36,37). The maximum atomic E-state index is 13.0. The number of carbonyl (C=O) groups excluding carboxylic acids is 1. The van der Waals surface area contributed by atoms with Crippen LogP contribution in [0.15, 0.2) is 36.4 Å². The zero-order valence-corrected chi connectivity index (χ0v) is 21.3. The number of carboxylic acids is 1. The molecule has 0 unspecified atom stereocenters. The molecule has 1 N–H and O–H groups in total. The third kappa shape index (κ3) is 5.08. The lowest BCUT2D eigenvalue weighted by Gasteiger charge is -2.35. The second-order valence-corrected chi connectivity index (χ2v) is 9.43. The van der Waals surface area contributed by atoms with Gasteiger partial charge in [-0.15, -0.1) is 15.3 Å². The first-order valence-corrected chi connectivity index (χ1v) is 12.4. The molecular weight excluding hydrogens is 472 g/mol. The number of amides is 1. The van der Waals surface area contributed by atoms with Crippen LogP contribution in [0, 0.1) is 20.8 Å². The fraction of sp³-hybridized carbons (Fsp3) is 0.385. The maximum Gasteiger partial charge on any atom is 0.335 e. The lowest BCUT2D eigenvalue weighted by atomic mass is 10.1. The van der Waals surface area contributed by atoms with Gasteiger partial charge in [-0.05, 0) is 62.6 Å². The Hall–Kier alpha value is -4.12. The molecular formula is C26H30N8O3. The van der Waals surface area contributed by atoms with Gasteiger partial charge >= 0.3 is 5.97 Å². The Balaban J connectivity index is 1.18. The van der Waals surface area contributed by atoms with Gasteiger partial charge in [0.25, 0.3) is 0 Å². The first-order chi connectivity index (χ1) is 17.8. The van der Waals surface area contributed by atoms with Gasteiger partial charge in [0.2, 0.25) is 5.91 Å². The minimum absolute atomic E-state index is 0.138. The fourth-order valence-corrected chi connectivity index (χ4v) is 4.87. The lowest BCUT2D eigenvalue weighted by Crippen LogP contribution is -2.48. The third-order valence-electron chi connectivity index (χ3n) is 6.96. The molecule has 1 saturated heterocycles. The van der Waals surface area contributed by atoms with Gasteiger partial charge in [0.05, 0.1) is 11.3 Å². The second-order valence-electron chi connectivity index (χ2n) is 9.43. The number of hydrogen-bond donors (Lipinski definition) is 1. The fourth-order valence-electron chi connectivity index (χ4n) is 4.87. The Bertz CT molecular complexity index is 1470.